The summed E-state index contributed by atoms with van der Waals surface area (Å²) in [6, 6.07) is 0.486. The molecular formula is C11H20NO. The van der Waals surface area contributed by atoms with E-state index < -0.39 is 0 Å². The molecule has 1 aliphatic carbocycles. The van der Waals surface area contributed by atoms with Crippen LogP contribution in [0, 0.1) is 0 Å². The zero-order valence-corrected chi connectivity index (χ0v) is 8.59. The summed E-state index contributed by atoms with van der Waals surface area (Å²) in [5.41, 5.74) is 0. The Labute approximate surface area is 81.3 Å². The monoisotopic (exact) mass is 182 g/mol. The number of hydrogen-bond donors (Lipinski definition) is 0. The molecule has 0 N–H and O–H groups in total. The highest BCUT2D eigenvalue weighted by molar-refractivity contribution is 5.48. The van der Waals surface area contributed by atoms with Crippen molar-refractivity contribution in [1.29, 1.82) is 0 Å². The quantitative estimate of drug-likeness (QED) is 0.483. The fraction of sp³-hybridized carbons (Fsp3) is 0.909. The van der Waals surface area contributed by atoms with E-state index in [0.29, 0.717) is 6.04 Å². The van der Waals surface area contributed by atoms with Crippen molar-refractivity contribution in [2.24, 2.45) is 0 Å². The smallest absolute Gasteiger partial charge is 0.312 e. The minimum Gasteiger partial charge on any atom is -0.331 e. The third-order valence-electron chi connectivity index (χ3n) is 2.85. The van der Waals surface area contributed by atoms with E-state index in [1.807, 2.05) is 4.90 Å². The first-order valence-electron chi connectivity index (χ1n) is 5.53. The van der Waals surface area contributed by atoms with E-state index in [9.17, 15) is 4.79 Å². The van der Waals surface area contributed by atoms with E-state index in [1.165, 1.54) is 38.5 Å². The summed E-state index contributed by atoms with van der Waals surface area (Å²) in [5.74, 6) is 0. The Morgan fingerprint density at radius 3 is 2.31 bits per heavy atom. The van der Waals surface area contributed by atoms with Crippen molar-refractivity contribution in [3.05, 3.63) is 0 Å². The van der Waals surface area contributed by atoms with E-state index in [1.54, 1.807) is 0 Å². The molecule has 1 radical (unpaired) electrons. The van der Waals surface area contributed by atoms with Crippen LogP contribution in [-0.2, 0) is 4.79 Å². The number of nitrogens with zero attached hydrogens (tertiary/aromatic N) is 1. The Morgan fingerprint density at radius 2 is 1.85 bits per heavy atom. The molecule has 1 amide bonds. The van der Waals surface area contributed by atoms with Crippen molar-refractivity contribution in [2.45, 2.75) is 57.9 Å². The van der Waals surface area contributed by atoms with Crippen molar-refractivity contribution in [3.8, 4) is 0 Å². The lowest BCUT2D eigenvalue weighted by molar-refractivity contribution is 0.269. The van der Waals surface area contributed by atoms with Gasteiger partial charge in [0.2, 0.25) is 0 Å². The number of carbonyl (C=O) groups excluding carboxylic acids is 1. The topological polar surface area (TPSA) is 20.3 Å². The lowest BCUT2D eigenvalue weighted by atomic mass is 10.1. The van der Waals surface area contributed by atoms with Gasteiger partial charge >= 0.3 is 6.41 Å². The average Bonchev–Trinajstić information content (AvgIpc) is 2.42. The van der Waals surface area contributed by atoms with E-state index in [2.05, 4.69) is 13.3 Å². The SMILES string of the molecule is CCCN([C]=O)C1CCCCCC1. The van der Waals surface area contributed by atoms with Crippen molar-refractivity contribution < 1.29 is 4.79 Å². The molecule has 0 aliphatic heterocycles. The summed E-state index contributed by atoms with van der Waals surface area (Å²) in [5, 5.41) is 0. The zero-order valence-electron chi connectivity index (χ0n) is 8.59. The molecule has 0 unspecified atom stereocenters. The second kappa shape index (κ2) is 6.01. The summed E-state index contributed by atoms with van der Waals surface area (Å²) in [6.07, 6.45) is 10.8. The highest BCUT2D eigenvalue weighted by atomic mass is 16.1. The standard InChI is InChI=1S/C11H20NO/c1-2-9-12(10-13)11-7-5-3-4-6-8-11/h11H,2-9H2,1H3. The van der Waals surface area contributed by atoms with Crippen molar-refractivity contribution in [2.75, 3.05) is 6.54 Å². The van der Waals surface area contributed by atoms with Gasteiger partial charge in [-0.1, -0.05) is 32.6 Å². The van der Waals surface area contributed by atoms with Crippen LogP contribution in [0.1, 0.15) is 51.9 Å². The van der Waals surface area contributed by atoms with Crippen molar-refractivity contribution in [3.63, 3.8) is 0 Å². The highest BCUT2D eigenvalue weighted by Crippen LogP contribution is 2.21. The predicted octanol–water partition coefficient (Wildman–Crippen LogP) is 2.49. The van der Waals surface area contributed by atoms with Crippen LogP contribution in [0.4, 0.5) is 0 Å². The fourth-order valence-corrected chi connectivity index (χ4v) is 2.11. The van der Waals surface area contributed by atoms with Crippen molar-refractivity contribution >= 4 is 6.41 Å². The van der Waals surface area contributed by atoms with Gasteiger partial charge in [0.1, 0.15) is 0 Å². The normalized spacial score (nSPS) is 19.5. The molecular weight excluding hydrogens is 162 g/mol. The van der Waals surface area contributed by atoms with Crippen LogP contribution in [0.25, 0.3) is 0 Å². The molecule has 0 spiro atoms. The van der Waals surface area contributed by atoms with E-state index in [4.69, 9.17) is 0 Å². The van der Waals surface area contributed by atoms with Gasteiger partial charge in [-0.2, -0.15) is 0 Å². The molecule has 1 fully saturated rings. The number of hydrogen-bond acceptors (Lipinski definition) is 1. The molecule has 0 heterocycles. The lowest BCUT2D eigenvalue weighted by Gasteiger charge is -2.25. The number of amides is 1. The molecule has 0 atom stereocenters. The van der Waals surface area contributed by atoms with Crippen LogP contribution in [0.15, 0.2) is 0 Å². The molecule has 1 aliphatic rings. The maximum absolute atomic E-state index is 10.7. The first kappa shape index (κ1) is 10.6. The summed E-state index contributed by atoms with van der Waals surface area (Å²) in [7, 11) is 0. The fourth-order valence-electron chi connectivity index (χ4n) is 2.11. The minimum atomic E-state index is 0.486. The highest BCUT2D eigenvalue weighted by Gasteiger charge is 2.18. The molecule has 2 nitrogen and oxygen atoms in total. The second-order valence-corrected chi connectivity index (χ2v) is 3.93. The molecule has 1 rings (SSSR count). The largest absolute Gasteiger partial charge is 0.331 e. The van der Waals surface area contributed by atoms with E-state index >= 15 is 0 Å². The van der Waals surface area contributed by atoms with Gasteiger partial charge in [-0.05, 0) is 19.3 Å². The Hall–Kier alpha value is -0.530. The molecule has 13 heavy (non-hydrogen) atoms. The van der Waals surface area contributed by atoms with Crippen molar-refractivity contribution in [1.82, 2.24) is 4.90 Å². The summed E-state index contributed by atoms with van der Waals surface area (Å²) < 4.78 is 0. The molecule has 0 bridgehead atoms. The van der Waals surface area contributed by atoms with Gasteiger partial charge in [0.25, 0.3) is 0 Å². The summed E-state index contributed by atoms with van der Waals surface area (Å²) in [6.45, 7) is 3.00. The zero-order chi connectivity index (χ0) is 9.52. The molecule has 75 valence electrons. The van der Waals surface area contributed by atoms with Crippen LogP contribution in [0.5, 0.6) is 0 Å². The maximum atomic E-state index is 10.7. The van der Waals surface area contributed by atoms with Gasteiger partial charge in [-0.15, -0.1) is 0 Å². The predicted molar refractivity (Wildman–Crippen MR) is 54.2 cm³/mol. The third kappa shape index (κ3) is 3.37. The third-order valence-corrected chi connectivity index (χ3v) is 2.85. The van der Waals surface area contributed by atoms with Gasteiger partial charge < -0.3 is 4.90 Å². The Balaban J connectivity index is 2.39. The van der Waals surface area contributed by atoms with Crippen LogP contribution in [-0.4, -0.2) is 23.9 Å². The first-order chi connectivity index (χ1) is 6.38. The average molecular weight is 182 g/mol. The molecule has 1 saturated carbocycles. The molecule has 0 aromatic heterocycles. The molecule has 0 saturated heterocycles. The van der Waals surface area contributed by atoms with Crippen LogP contribution >= 0.6 is 0 Å². The summed E-state index contributed by atoms with van der Waals surface area (Å²) in [4.78, 5) is 12.6. The summed E-state index contributed by atoms with van der Waals surface area (Å²) >= 11 is 0. The van der Waals surface area contributed by atoms with Gasteiger partial charge in [-0.3, -0.25) is 4.79 Å². The Morgan fingerprint density at radius 1 is 1.23 bits per heavy atom. The molecule has 0 aromatic carbocycles. The van der Waals surface area contributed by atoms with Crippen LogP contribution in [0.3, 0.4) is 0 Å². The second-order valence-electron chi connectivity index (χ2n) is 3.93. The van der Waals surface area contributed by atoms with Gasteiger partial charge in [-0.25, -0.2) is 0 Å². The maximum Gasteiger partial charge on any atom is 0.312 e. The Bertz CT molecular complexity index is 139. The first-order valence-corrected chi connectivity index (χ1v) is 5.53. The molecule has 2 heteroatoms. The van der Waals surface area contributed by atoms with Gasteiger partial charge in [0, 0.05) is 12.6 Å². The van der Waals surface area contributed by atoms with E-state index in [0.717, 1.165) is 13.0 Å². The minimum absolute atomic E-state index is 0.486. The Kier molecular flexibility index (Phi) is 4.87. The van der Waals surface area contributed by atoms with Crippen LogP contribution < -0.4 is 0 Å². The van der Waals surface area contributed by atoms with Crippen LogP contribution in [0.2, 0.25) is 0 Å². The van der Waals surface area contributed by atoms with Gasteiger partial charge in [0.05, 0.1) is 0 Å². The van der Waals surface area contributed by atoms with Gasteiger partial charge in [0.15, 0.2) is 0 Å². The number of rotatable bonds is 4. The molecule has 0 aromatic rings. The lowest BCUT2D eigenvalue weighted by Crippen LogP contribution is -2.34. The van der Waals surface area contributed by atoms with E-state index in [-0.39, 0.29) is 0 Å².